The van der Waals surface area contributed by atoms with E-state index in [4.69, 9.17) is 0 Å². The molecule has 6 nitrogen and oxygen atoms in total. The van der Waals surface area contributed by atoms with Crippen molar-refractivity contribution in [1.82, 2.24) is 0 Å². The van der Waals surface area contributed by atoms with Gasteiger partial charge in [-0.25, -0.2) is 4.39 Å². The van der Waals surface area contributed by atoms with Crippen LogP contribution in [0.2, 0.25) is 0 Å². The quantitative estimate of drug-likeness (QED) is 0.622. The number of nitro benzene ring substituents is 1. The zero-order chi connectivity index (χ0) is 16.7. The minimum atomic E-state index is -2.95. The molecule has 0 fully saturated rings. The Morgan fingerprint density at radius 2 is 1.68 bits per heavy atom. The molecule has 116 valence electrons. The van der Waals surface area contributed by atoms with E-state index in [-0.39, 0.29) is 6.07 Å². The Morgan fingerprint density at radius 1 is 1.09 bits per heavy atom. The number of halogens is 2. The minimum Gasteiger partial charge on any atom is -0.258 e. The van der Waals surface area contributed by atoms with Gasteiger partial charge in [-0.1, -0.05) is 35.9 Å². The maximum Gasteiger partial charge on any atom is 0.316 e. The highest BCUT2D eigenvalue weighted by molar-refractivity contribution is 7.61. The van der Waals surface area contributed by atoms with Crippen LogP contribution < -0.4 is 0 Å². The molecule has 2 aromatic rings. The number of hydrogen-bond donors (Lipinski definition) is 0. The molecule has 2 rings (SSSR count). The third-order valence-corrected chi connectivity index (χ3v) is 2.67. The highest BCUT2D eigenvalue weighted by Crippen LogP contribution is 2.26. The third-order valence-electron chi connectivity index (χ3n) is 2.33. The van der Waals surface area contributed by atoms with Crippen molar-refractivity contribution in [3.8, 4) is 0 Å². The van der Waals surface area contributed by atoms with Gasteiger partial charge in [0, 0.05) is 6.07 Å². The summed E-state index contributed by atoms with van der Waals surface area (Å²) in [5, 5.41) is 10.2. The fraction of sp³-hybridized carbons (Fsp3) is 0.0769. The first kappa shape index (κ1) is 17.4. The van der Waals surface area contributed by atoms with Crippen molar-refractivity contribution in [2.75, 3.05) is 0 Å². The second kappa shape index (κ2) is 7.93. The molecule has 0 amide bonds. The first-order chi connectivity index (χ1) is 10.3. The van der Waals surface area contributed by atoms with E-state index >= 15 is 0 Å². The SMILES string of the molecule is Cc1ccccc1.O=[N+]([O-])c1cc(F)c(N=S(=O)=O)cc1F. The lowest BCUT2D eigenvalue weighted by Gasteiger charge is -1.96. The van der Waals surface area contributed by atoms with Crippen LogP contribution in [0.5, 0.6) is 0 Å². The van der Waals surface area contributed by atoms with E-state index in [0.717, 1.165) is 0 Å². The molecule has 0 aliphatic rings. The van der Waals surface area contributed by atoms with Crippen LogP contribution in [0.15, 0.2) is 46.8 Å². The van der Waals surface area contributed by atoms with E-state index in [1.165, 1.54) is 5.56 Å². The van der Waals surface area contributed by atoms with E-state index in [0.29, 0.717) is 6.07 Å². The second-order valence-corrected chi connectivity index (χ2v) is 4.59. The summed E-state index contributed by atoms with van der Waals surface area (Å²) in [6.45, 7) is 2.08. The number of aryl methyl sites for hydroxylation is 1. The smallest absolute Gasteiger partial charge is 0.258 e. The topological polar surface area (TPSA) is 89.6 Å². The van der Waals surface area contributed by atoms with Crippen molar-refractivity contribution in [2.45, 2.75) is 6.92 Å². The Labute approximate surface area is 125 Å². The normalized spacial score (nSPS) is 9.41. The Balaban J connectivity index is 0.000000287. The van der Waals surface area contributed by atoms with E-state index < -0.39 is 38.4 Å². The summed E-state index contributed by atoms with van der Waals surface area (Å²) in [5.41, 5.74) is -0.572. The maximum atomic E-state index is 12.9. The summed E-state index contributed by atoms with van der Waals surface area (Å²) in [4.78, 5) is 9.03. The van der Waals surface area contributed by atoms with E-state index in [2.05, 4.69) is 23.4 Å². The number of nitrogens with zero attached hydrogens (tertiary/aromatic N) is 2. The summed E-state index contributed by atoms with van der Waals surface area (Å²) < 4.78 is 48.6. The van der Waals surface area contributed by atoms with Crippen LogP contribution in [-0.4, -0.2) is 13.3 Å². The fourth-order valence-electron chi connectivity index (χ4n) is 1.35. The molecular formula is C13H10F2N2O4S. The van der Waals surface area contributed by atoms with Gasteiger partial charge < -0.3 is 0 Å². The lowest BCUT2D eigenvalue weighted by molar-refractivity contribution is -0.387. The molecule has 0 aliphatic heterocycles. The molecule has 0 aromatic heterocycles. The maximum absolute atomic E-state index is 12.9. The molecule has 9 heteroatoms. The summed E-state index contributed by atoms with van der Waals surface area (Å²) in [7, 11) is -2.95. The average molecular weight is 328 g/mol. The van der Waals surface area contributed by atoms with Crippen molar-refractivity contribution in [3.63, 3.8) is 0 Å². The number of rotatable bonds is 2. The van der Waals surface area contributed by atoms with Crippen LogP contribution in [0, 0.1) is 28.7 Å². The molecule has 0 heterocycles. The molecule has 0 aliphatic carbocycles. The van der Waals surface area contributed by atoms with Crippen LogP contribution in [-0.2, 0) is 10.5 Å². The Bertz CT molecular complexity index is 800. The molecule has 22 heavy (non-hydrogen) atoms. The first-order valence-corrected chi connectivity index (χ1v) is 6.80. The van der Waals surface area contributed by atoms with Gasteiger partial charge in [0.05, 0.1) is 11.0 Å². The molecule has 0 saturated carbocycles. The van der Waals surface area contributed by atoms with Gasteiger partial charge in [-0.3, -0.25) is 10.1 Å². The number of benzene rings is 2. The highest BCUT2D eigenvalue weighted by atomic mass is 32.2. The predicted molar refractivity (Wildman–Crippen MR) is 75.2 cm³/mol. The molecule has 0 spiro atoms. The van der Waals surface area contributed by atoms with Crippen molar-refractivity contribution in [3.05, 3.63) is 69.8 Å². The Hall–Kier alpha value is -2.68. The van der Waals surface area contributed by atoms with Crippen LogP contribution in [0.25, 0.3) is 0 Å². The van der Waals surface area contributed by atoms with Gasteiger partial charge in [0.2, 0.25) is 5.82 Å². The standard InChI is InChI=1S/C7H8.C6H2F2N2O4S/c1-7-5-3-2-4-6-7;7-3-2-6(10(11)12)4(8)1-5(3)9-15(13)14/h2-6H,1H3;1-2H. The van der Waals surface area contributed by atoms with Crippen molar-refractivity contribution >= 4 is 21.9 Å². The number of hydrogen-bond acceptors (Lipinski definition) is 5. The largest absolute Gasteiger partial charge is 0.316 e. The molecule has 0 bridgehead atoms. The van der Waals surface area contributed by atoms with Crippen molar-refractivity contribution in [1.29, 1.82) is 0 Å². The summed E-state index contributed by atoms with van der Waals surface area (Å²) in [6, 6.07) is 10.9. The fourth-order valence-corrected chi connectivity index (χ4v) is 1.65. The van der Waals surface area contributed by atoms with Gasteiger partial charge in [0.15, 0.2) is 5.82 Å². The molecule has 0 saturated heterocycles. The lowest BCUT2D eigenvalue weighted by atomic mass is 10.2. The van der Waals surface area contributed by atoms with Gasteiger partial charge in [-0.05, 0) is 6.92 Å². The van der Waals surface area contributed by atoms with E-state index in [1.54, 1.807) is 0 Å². The summed E-state index contributed by atoms with van der Waals surface area (Å²) >= 11 is 0. The Kier molecular flexibility index (Phi) is 6.26. The van der Waals surface area contributed by atoms with Crippen LogP contribution in [0.3, 0.4) is 0 Å². The summed E-state index contributed by atoms with van der Waals surface area (Å²) in [6.07, 6.45) is 0. The number of nitro groups is 1. The van der Waals surface area contributed by atoms with Gasteiger partial charge in [-0.2, -0.15) is 12.8 Å². The van der Waals surface area contributed by atoms with Crippen molar-refractivity contribution in [2.24, 2.45) is 4.36 Å². The third kappa shape index (κ3) is 5.37. The van der Waals surface area contributed by atoms with Crippen LogP contribution in [0.1, 0.15) is 5.56 Å². The molecule has 0 unspecified atom stereocenters. The average Bonchev–Trinajstić information content (AvgIpc) is 2.43. The van der Waals surface area contributed by atoms with E-state index in [9.17, 15) is 27.3 Å². The van der Waals surface area contributed by atoms with Gasteiger partial charge >= 0.3 is 16.2 Å². The monoisotopic (exact) mass is 328 g/mol. The zero-order valence-electron chi connectivity index (χ0n) is 11.2. The lowest BCUT2D eigenvalue weighted by Crippen LogP contribution is -1.93. The van der Waals surface area contributed by atoms with Crippen LogP contribution in [0.4, 0.5) is 20.2 Å². The molecule has 0 atom stereocenters. The zero-order valence-corrected chi connectivity index (χ0v) is 12.0. The minimum absolute atomic E-state index is 0.265. The Morgan fingerprint density at radius 3 is 2.09 bits per heavy atom. The summed E-state index contributed by atoms with van der Waals surface area (Å²) in [5.74, 6) is -2.64. The molecular weight excluding hydrogens is 318 g/mol. The van der Waals surface area contributed by atoms with Gasteiger partial charge in [0.1, 0.15) is 5.69 Å². The molecule has 2 aromatic carbocycles. The molecule has 0 radical (unpaired) electrons. The first-order valence-electron chi connectivity index (χ1n) is 5.77. The van der Waals surface area contributed by atoms with Gasteiger partial charge in [-0.15, -0.1) is 4.36 Å². The predicted octanol–water partition coefficient (Wildman–Crippen LogP) is 3.56. The molecule has 0 N–H and O–H groups in total. The van der Waals surface area contributed by atoms with E-state index in [1.807, 2.05) is 18.2 Å². The highest BCUT2D eigenvalue weighted by Gasteiger charge is 2.18. The van der Waals surface area contributed by atoms with Crippen LogP contribution >= 0.6 is 0 Å². The second-order valence-electron chi connectivity index (χ2n) is 3.98. The van der Waals surface area contributed by atoms with Crippen molar-refractivity contribution < 1.29 is 22.1 Å². The van der Waals surface area contributed by atoms with Gasteiger partial charge in [0.25, 0.3) is 0 Å².